The van der Waals surface area contributed by atoms with E-state index in [0.29, 0.717) is 17.7 Å². The molecular weight excluding hydrogens is 332 g/mol. The molecule has 24 heavy (non-hydrogen) atoms. The second-order valence-electron chi connectivity index (χ2n) is 5.95. The molecule has 0 amide bonds. The molecule has 0 radical (unpaired) electrons. The zero-order valence-electron chi connectivity index (χ0n) is 13.3. The SMILES string of the molecule is COc1cc(C2=CCC(c3ccc(Cl)c(F)c3)CC2)c(F)cc1N. The van der Waals surface area contributed by atoms with Gasteiger partial charge in [0.25, 0.3) is 0 Å². The summed E-state index contributed by atoms with van der Waals surface area (Å²) in [6.07, 6.45) is 4.26. The summed E-state index contributed by atoms with van der Waals surface area (Å²) in [6.45, 7) is 0. The molecule has 5 heteroatoms. The van der Waals surface area contributed by atoms with Crippen LogP contribution in [0.2, 0.25) is 5.02 Å². The number of hydrogen-bond donors (Lipinski definition) is 1. The Morgan fingerprint density at radius 3 is 2.58 bits per heavy atom. The molecule has 0 aliphatic heterocycles. The van der Waals surface area contributed by atoms with E-state index in [4.69, 9.17) is 22.1 Å². The number of ether oxygens (including phenoxy) is 1. The van der Waals surface area contributed by atoms with Gasteiger partial charge in [0.05, 0.1) is 17.8 Å². The average Bonchev–Trinajstić information content (AvgIpc) is 2.58. The van der Waals surface area contributed by atoms with Crippen LogP contribution in [0.3, 0.4) is 0 Å². The van der Waals surface area contributed by atoms with Gasteiger partial charge in [-0.25, -0.2) is 8.78 Å². The van der Waals surface area contributed by atoms with Crippen molar-refractivity contribution >= 4 is 22.9 Å². The molecule has 0 saturated carbocycles. The van der Waals surface area contributed by atoms with Crippen molar-refractivity contribution in [2.75, 3.05) is 12.8 Å². The summed E-state index contributed by atoms with van der Waals surface area (Å²) in [6, 6.07) is 7.84. The van der Waals surface area contributed by atoms with E-state index >= 15 is 0 Å². The predicted octanol–water partition coefficient (Wildman–Crippen LogP) is 5.56. The Morgan fingerprint density at radius 2 is 1.96 bits per heavy atom. The first kappa shape index (κ1) is 16.8. The third-order valence-electron chi connectivity index (χ3n) is 4.49. The van der Waals surface area contributed by atoms with Gasteiger partial charge in [-0.2, -0.15) is 0 Å². The Hall–Kier alpha value is -2.07. The summed E-state index contributed by atoms with van der Waals surface area (Å²) in [5.41, 5.74) is 8.37. The molecule has 1 unspecified atom stereocenters. The molecule has 2 nitrogen and oxygen atoms in total. The molecule has 3 rings (SSSR count). The minimum atomic E-state index is -0.404. The van der Waals surface area contributed by atoms with Crippen molar-refractivity contribution in [3.05, 3.63) is 64.2 Å². The lowest BCUT2D eigenvalue weighted by Crippen LogP contribution is -2.06. The highest BCUT2D eigenvalue weighted by Crippen LogP contribution is 2.39. The lowest BCUT2D eigenvalue weighted by atomic mass is 9.82. The number of methoxy groups -OCH3 is 1. The van der Waals surface area contributed by atoms with Crippen LogP contribution in [0.15, 0.2) is 36.4 Å². The van der Waals surface area contributed by atoms with E-state index in [0.717, 1.165) is 24.0 Å². The summed E-state index contributed by atoms with van der Waals surface area (Å²) in [5.74, 6) is -0.0813. The largest absolute Gasteiger partial charge is 0.495 e. The summed E-state index contributed by atoms with van der Waals surface area (Å²) in [5, 5.41) is 0.127. The fraction of sp³-hybridized carbons (Fsp3) is 0.263. The van der Waals surface area contributed by atoms with Crippen molar-refractivity contribution in [1.29, 1.82) is 0 Å². The molecule has 1 aliphatic carbocycles. The smallest absolute Gasteiger partial charge is 0.142 e. The van der Waals surface area contributed by atoms with Crippen molar-refractivity contribution in [3.63, 3.8) is 0 Å². The molecule has 126 valence electrons. The second kappa shape index (κ2) is 6.81. The number of benzene rings is 2. The van der Waals surface area contributed by atoms with Crippen molar-refractivity contribution in [2.45, 2.75) is 25.2 Å². The first-order valence-corrected chi connectivity index (χ1v) is 8.14. The van der Waals surface area contributed by atoms with Gasteiger partial charge in [-0.1, -0.05) is 23.7 Å². The molecule has 0 heterocycles. The molecule has 0 fully saturated rings. The number of anilines is 1. The number of halogens is 3. The van der Waals surface area contributed by atoms with Crippen molar-refractivity contribution in [1.82, 2.24) is 0 Å². The summed E-state index contributed by atoms with van der Waals surface area (Å²) < 4.78 is 33.0. The molecule has 2 aromatic rings. The van der Waals surface area contributed by atoms with Crippen molar-refractivity contribution in [2.24, 2.45) is 0 Å². The van der Waals surface area contributed by atoms with Crippen LogP contribution in [-0.2, 0) is 0 Å². The van der Waals surface area contributed by atoms with Gasteiger partial charge in [-0.05, 0) is 54.5 Å². The van der Waals surface area contributed by atoms with Gasteiger partial charge in [0.2, 0.25) is 0 Å². The third kappa shape index (κ3) is 3.24. The molecule has 0 spiro atoms. The van der Waals surface area contributed by atoms with E-state index in [1.165, 1.54) is 19.2 Å². The van der Waals surface area contributed by atoms with E-state index < -0.39 is 5.82 Å². The lowest BCUT2D eigenvalue weighted by Gasteiger charge is -2.23. The van der Waals surface area contributed by atoms with Crippen LogP contribution in [-0.4, -0.2) is 7.11 Å². The Bertz CT molecular complexity index is 804. The topological polar surface area (TPSA) is 35.2 Å². The van der Waals surface area contributed by atoms with E-state index in [1.807, 2.05) is 12.1 Å². The van der Waals surface area contributed by atoms with Crippen LogP contribution in [0.4, 0.5) is 14.5 Å². The standard InChI is InChI=1S/C19H18ClF2NO/c1-24-19-9-14(16(21)10-18(19)23)12-4-2-11(3-5-12)13-6-7-15(20)17(22)8-13/h4,6-11H,2-3,5,23H2,1H3. The molecule has 0 saturated heterocycles. The maximum absolute atomic E-state index is 14.2. The van der Waals surface area contributed by atoms with Gasteiger partial charge in [-0.15, -0.1) is 0 Å². The van der Waals surface area contributed by atoms with Gasteiger partial charge in [0, 0.05) is 11.6 Å². The molecule has 2 aromatic carbocycles. The van der Waals surface area contributed by atoms with Gasteiger partial charge in [0.15, 0.2) is 0 Å². The zero-order valence-corrected chi connectivity index (χ0v) is 14.0. The second-order valence-corrected chi connectivity index (χ2v) is 6.36. The Morgan fingerprint density at radius 1 is 1.17 bits per heavy atom. The average molecular weight is 350 g/mol. The van der Waals surface area contributed by atoms with E-state index in [2.05, 4.69) is 0 Å². The highest BCUT2D eigenvalue weighted by Gasteiger charge is 2.20. The van der Waals surface area contributed by atoms with Crippen LogP contribution in [0, 0.1) is 11.6 Å². The minimum Gasteiger partial charge on any atom is -0.495 e. The molecular formula is C19H18ClF2NO. The van der Waals surface area contributed by atoms with Gasteiger partial charge in [-0.3, -0.25) is 0 Å². The van der Waals surface area contributed by atoms with Crippen LogP contribution in [0.5, 0.6) is 5.75 Å². The molecule has 1 aliphatic rings. The number of allylic oxidation sites excluding steroid dienone is 2. The van der Waals surface area contributed by atoms with E-state index in [1.54, 1.807) is 12.1 Å². The van der Waals surface area contributed by atoms with Gasteiger partial charge >= 0.3 is 0 Å². The van der Waals surface area contributed by atoms with Crippen LogP contribution < -0.4 is 10.5 Å². The summed E-state index contributed by atoms with van der Waals surface area (Å²) >= 11 is 5.73. The minimum absolute atomic E-state index is 0.127. The summed E-state index contributed by atoms with van der Waals surface area (Å²) in [4.78, 5) is 0. The fourth-order valence-corrected chi connectivity index (χ4v) is 3.26. The van der Waals surface area contributed by atoms with E-state index in [-0.39, 0.29) is 22.4 Å². The molecule has 0 bridgehead atoms. The van der Waals surface area contributed by atoms with Crippen LogP contribution >= 0.6 is 11.6 Å². The quantitative estimate of drug-likeness (QED) is 0.736. The first-order valence-electron chi connectivity index (χ1n) is 7.77. The Balaban J connectivity index is 1.84. The normalized spacial score (nSPS) is 17.5. The predicted molar refractivity (Wildman–Crippen MR) is 93.3 cm³/mol. The number of rotatable bonds is 3. The third-order valence-corrected chi connectivity index (χ3v) is 4.80. The van der Waals surface area contributed by atoms with E-state index in [9.17, 15) is 8.78 Å². The van der Waals surface area contributed by atoms with Crippen molar-refractivity contribution < 1.29 is 13.5 Å². The highest BCUT2D eigenvalue weighted by atomic mass is 35.5. The highest BCUT2D eigenvalue weighted by molar-refractivity contribution is 6.30. The number of hydrogen-bond acceptors (Lipinski definition) is 2. The fourth-order valence-electron chi connectivity index (χ4n) is 3.14. The Labute approximate surface area is 144 Å². The zero-order chi connectivity index (χ0) is 17.3. The maximum Gasteiger partial charge on any atom is 0.142 e. The van der Waals surface area contributed by atoms with Crippen LogP contribution in [0.1, 0.15) is 36.3 Å². The Kier molecular flexibility index (Phi) is 4.76. The molecule has 1 atom stereocenters. The van der Waals surface area contributed by atoms with Crippen LogP contribution in [0.25, 0.3) is 5.57 Å². The maximum atomic E-state index is 14.2. The lowest BCUT2D eigenvalue weighted by molar-refractivity contribution is 0.415. The summed E-state index contributed by atoms with van der Waals surface area (Å²) in [7, 11) is 1.51. The van der Waals surface area contributed by atoms with Gasteiger partial charge in [0.1, 0.15) is 17.4 Å². The number of nitrogen functional groups attached to an aromatic ring is 1. The molecule has 2 N–H and O–H groups in total. The molecule has 0 aromatic heterocycles. The monoisotopic (exact) mass is 349 g/mol. The first-order chi connectivity index (χ1) is 11.5. The van der Waals surface area contributed by atoms with Crippen molar-refractivity contribution in [3.8, 4) is 5.75 Å². The number of nitrogens with two attached hydrogens (primary N) is 1. The van der Waals surface area contributed by atoms with Gasteiger partial charge < -0.3 is 10.5 Å².